The van der Waals surface area contributed by atoms with Crippen molar-refractivity contribution < 1.29 is 13.2 Å². The zero-order valence-electron chi connectivity index (χ0n) is 13.7. The summed E-state index contributed by atoms with van der Waals surface area (Å²) in [7, 11) is 0. The number of nitrogens with one attached hydrogen (secondary N) is 1. The number of aromatic nitrogens is 5. The van der Waals surface area contributed by atoms with Gasteiger partial charge in [-0.2, -0.15) is 23.3 Å². The van der Waals surface area contributed by atoms with Crippen LogP contribution in [0.5, 0.6) is 0 Å². The highest BCUT2D eigenvalue weighted by Gasteiger charge is 2.42. The minimum atomic E-state index is -4.68. The maximum absolute atomic E-state index is 13.2. The number of anilines is 1. The third-order valence-electron chi connectivity index (χ3n) is 4.20. The van der Waals surface area contributed by atoms with Crippen LogP contribution in [0.15, 0.2) is 35.3 Å². The van der Waals surface area contributed by atoms with Crippen LogP contribution >= 0.6 is 0 Å². The molecule has 3 heterocycles. The number of alkyl halides is 3. The first kappa shape index (κ1) is 17.0. The molecule has 10 heteroatoms. The molecule has 0 bridgehead atoms. The molecule has 0 spiro atoms. The van der Waals surface area contributed by atoms with Crippen LogP contribution in [-0.2, 0) is 6.18 Å². The van der Waals surface area contributed by atoms with Gasteiger partial charge in [0.25, 0.3) is 0 Å². The van der Waals surface area contributed by atoms with Gasteiger partial charge in [-0.1, -0.05) is 5.92 Å². The second-order valence-electron chi connectivity index (χ2n) is 6.08. The molecule has 1 aliphatic carbocycles. The van der Waals surface area contributed by atoms with Gasteiger partial charge in [-0.3, -0.25) is 0 Å². The Labute approximate surface area is 150 Å². The van der Waals surface area contributed by atoms with Crippen LogP contribution in [0.25, 0.3) is 16.9 Å². The molecular weight excluding hydrogens is 361 g/mol. The molecule has 0 atom stereocenters. The molecule has 0 amide bonds. The Morgan fingerprint density at radius 2 is 2.00 bits per heavy atom. The zero-order chi connectivity index (χ0) is 19.2. The monoisotopic (exact) mass is 372 g/mol. The Balaban J connectivity index is 2.01. The van der Waals surface area contributed by atoms with Crippen molar-refractivity contribution >= 4 is 16.9 Å². The summed E-state index contributed by atoms with van der Waals surface area (Å²) in [5.74, 6) is 2.68. The van der Waals surface area contributed by atoms with E-state index in [4.69, 9.17) is 6.42 Å². The number of hydrogen-bond donors (Lipinski definition) is 1. The Morgan fingerprint density at radius 1 is 1.22 bits per heavy atom. The number of terminal acetylenes is 1. The topological polar surface area (TPSA) is 85.6 Å². The van der Waals surface area contributed by atoms with Gasteiger partial charge in [0.05, 0.1) is 10.9 Å². The fourth-order valence-corrected chi connectivity index (χ4v) is 2.63. The smallest absolute Gasteiger partial charge is 0.353 e. The first-order valence-electron chi connectivity index (χ1n) is 7.88. The predicted octanol–water partition coefficient (Wildman–Crippen LogP) is 2.17. The molecule has 1 N–H and O–H groups in total. The second-order valence-corrected chi connectivity index (χ2v) is 6.08. The van der Waals surface area contributed by atoms with E-state index in [-0.39, 0.29) is 22.7 Å². The highest BCUT2D eigenvalue weighted by molar-refractivity contribution is 5.88. The number of pyridine rings is 1. The van der Waals surface area contributed by atoms with Gasteiger partial charge in [-0.25, -0.2) is 14.3 Å². The molecule has 7 nitrogen and oxygen atoms in total. The van der Waals surface area contributed by atoms with Gasteiger partial charge >= 0.3 is 11.9 Å². The largest absolute Gasteiger partial charge is 0.433 e. The standard InChI is InChI=1S/C17H11F3N6O/c1-2-16(7-8-16)24-13-10-5-6-11(17(18,19)20)22-14(10)26(15(27)23-13)12-4-3-9-21-25-12/h1,3-6,9H,7-8H2,(H,23,24,27). The Hall–Kier alpha value is -3.48. The van der Waals surface area contributed by atoms with Gasteiger partial charge in [0.15, 0.2) is 11.5 Å². The maximum atomic E-state index is 13.2. The van der Waals surface area contributed by atoms with Crippen molar-refractivity contribution in [2.45, 2.75) is 24.6 Å². The number of nitrogens with zero attached hydrogens (tertiary/aromatic N) is 5. The SMILES string of the molecule is C#CC1(Nc2nc(=O)n(-c3cccnn3)c3nc(C(F)(F)F)ccc23)CC1. The van der Waals surface area contributed by atoms with Gasteiger partial charge in [0.2, 0.25) is 0 Å². The van der Waals surface area contributed by atoms with Gasteiger partial charge < -0.3 is 5.32 Å². The molecule has 136 valence electrons. The molecule has 0 radical (unpaired) electrons. The van der Waals surface area contributed by atoms with Crippen molar-refractivity contribution in [1.29, 1.82) is 0 Å². The van der Waals surface area contributed by atoms with Crippen molar-refractivity contribution in [3.63, 3.8) is 0 Å². The summed E-state index contributed by atoms with van der Waals surface area (Å²) in [6, 6.07) is 4.96. The van der Waals surface area contributed by atoms with Crippen LogP contribution in [0.2, 0.25) is 0 Å². The quantitative estimate of drug-likeness (QED) is 0.710. The Bertz CT molecular complexity index is 1130. The number of hydrogen-bond acceptors (Lipinski definition) is 6. The first-order valence-corrected chi connectivity index (χ1v) is 7.88. The zero-order valence-corrected chi connectivity index (χ0v) is 13.7. The van der Waals surface area contributed by atoms with E-state index in [1.807, 2.05) is 0 Å². The van der Waals surface area contributed by atoms with Crippen molar-refractivity contribution in [3.8, 4) is 18.2 Å². The lowest BCUT2D eigenvalue weighted by Gasteiger charge is -2.16. The van der Waals surface area contributed by atoms with Gasteiger partial charge in [0, 0.05) is 6.20 Å². The average Bonchev–Trinajstić information content (AvgIpc) is 3.41. The van der Waals surface area contributed by atoms with Gasteiger partial charge in [-0.05, 0) is 37.1 Å². The summed E-state index contributed by atoms with van der Waals surface area (Å²) in [6.07, 6.45) is 3.54. The van der Waals surface area contributed by atoms with Crippen LogP contribution in [0, 0.1) is 12.3 Å². The number of fused-ring (bicyclic) bond motifs is 1. The van der Waals surface area contributed by atoms with E-state index in [1.165, 1.54) is 24.4 Å². The van der Waals surface area contributed by atoms with Crippen LogP contribution in [0.4, 0.5) is 19.0 Å². The molecule has 0 saturated heterocycles. The molecule has 4 rings (SSSR count). The lowest BCUT2D eigenvalue weighted by Crippen LogP contribution is -2.28. The van der Waals surface area contributed by atoms with E-state index in [0.717, 1.165) is 10.6 Å². The predicted molar refractivity (Wildman–Crippen MR) is 90.1 cm³/mol. The highest BCUT2D eigenvalue weighted by Crippen LogP contribution is 2.39. The fourth-order valence-electron chi connectivity index (χ4n) is 2.63. The van der Waals surface area contributed by atoms with Crippen LogP contribution < -0.4 is 11.0 Å². The van der Waals surface area contributed by atoms with E-state index in [9.17, 15) is 18.0 Å². The third kappa shape index (κ3) is 2.97. The van der Waals surface area contributed by atoms with Crippen LogP contribution in [0.3, 0.4) is 0 Å². The summed E-state index contributed by atoms with van der Waals surface area (Å²) >= 11 is 0. The molecule has 1 aliphatic rings. The maximum Gasteiger partial charge on any atom is 0.433 e. The van der Waals surface area contributed by atoms with Gasteiger partial charge in [0.1, 0.15) is 11.5 Å². The van der Waals surface area contributed by atoms with E-state index in [2.05, 4.69) is 31.4 Å². The number of halogens is 3. The normalized spacial score (nSPS) is 15.3. The molecule has 0 unspecified atom stereocenters. The minimum absolute atomic E-state index is 0.0106. The van der Waals surface area contributed by atoms with Crippen LogP contribution in [-0.4, -0.2) is 30.3 Å². The molecular formula is C17H11F3N6O. The second kappa shape index (κ2) is 5.77. The van der Waals surface area contributed by atoms with Gasteiger partial charge in [-0.15, -0.1) is 11.5 Å². The van der Waals surface area contributed by atoms with Crippen molar-refractivity contribution in [2.75, 3.05) is 5.32 Å². The van der Waals surface area contributed by atoms with Crippen LogP contribution in [0.1, 0.15) is 18.5 Å². The summed E-state index contributed by atoms with van der Waals surface area (Å²) in [5.41, 5.74) is -2.86. The van der Waals surface area contributed by atoms with E-state index >= 15 is 0 Å². The van der Waals surface area contributed by atoms with Crippen molar-refractivity contribution in [2.24, 2.45) is 0 Å². The third-order valence-corrected chi connectivity index (χ3v) is 4.20. The summed E-state index contributed by atoms with van der Waals surface area (Å²) < 4.78 is 40.3. The lowest BCUT2D eigenvalue weighted by molar-refractivity contribution is -0.141. The first-order chi connectivity index (χ1) is 12.8. The molecule has 27 heavy (non-hydrogen) atoms. The molecule has 1 fully saturated rings. The van der Waals surface area contributed by atoms with Crippen molar-refractivity contribution in [1.82, 2.24) is 24.7 Å². The highest BCUT2D eigenvalue weighted by atomic mass is 19.4. The molecule has 0 aromatic carbocycles. The number of rotatable bonds is 3. The molecule has 3 aromatic heterocycles. The molecule has 3 aromatic rings. The molecule has 1 saturated carbocycles. The average molecular weight is 372 g/mol. The Morgan fingerprint density at radius 3 is 2.59 bits per heavy atom. The Kier molecular flexibility index (Phi) is 3.62. The van der Waals surface area contributed by atoms with E-state index in [0.29, 0.717) is 12.8 Å². The minimum Gasteiger partial charge on any atom is -0.353 e. The molecule has 0 aliphatic heterocycles. The van der Waals surface area contributed by atoms with E-state index in [1.54, 1.807) is 0 Å². The summed E-state index contributed by atoms with van der Waals surface area (Å²) in [5, 5.41) is 10.6. The summed E-state index contributed by atoms with van der Waals surface area (Å²) in [4.78, 5) is 20.2. The summed E-state index contributed by atoms with van der Waals surface area (Å²) in [6.45, 7) is 0. The lowest BCUT2D eigenvalue weighted by atomic mass is 10.2. The fraction of sp³-hybridized carbons (Fsp3) is 0.235. The van der Waals surface area contributed by atoms with Crippen molar-refractivity contribution in [3.05, 3.63) is 46.6 Å². The van der Waals surface area contributed by atoms with E-state index < -0.39 is 23.1 Å².